The summed E-state index contributed by atoms with van der Waals surface area (Å²) < 4.78 is 0. The maximum absolute atomic E-state index is 4.82. The Balaban J connectivity index is 1.64. The third-order valence-corrected chi connectivity index (χ3v) is 6.35. The number of likely N-dealkylation sites (tertiary alicyclic amines) is 1. The van der Waals surface area contributed by atoms with Gasteiger partial charge < -0.3 is 15.5 Å². The second kappa shape index (κ2) is 11.4. The van der Waals surface area contributed by atoms with Crippen LogP contribution in [0.1, 0.15) is 67.8 Å². The summed E-state index contributed by atoms with van der Waals surface area (Å²) in [5.74, 6) is 1.88. The summed E-state index contributed by atoms with van der Waals surface area (Å²) in [6.45, 7) is 11.9. The normalized spacial score (nSPS) is 15.6. The van der Waals surface area contributed by atoms with Crippen molar-refractivity contribution >= 4 is 23.5 Å². The minimum Gasteiger partial charge on any atom is -0.386 e. The quantitative estimate of drug-likeness (QED) is 0.399. The lowest BCUT2D eigenvalue weighted by Crippen LogP contribution is -2.30. The molecule has 2 N–H and O–H groups in total. The molecule has 2 aromatic rings. The molecule has 1 aromatic carbocycles. The maximum atomic E-state index is 4.82. The Bertz CT molecular complexity index is 913. The van der Waals surface area contributed by atoms with E-state index in [2.05, 4.69) is 67.4 Å². The van der Waals surface area contributed by atoms with Crippen molar-refractivity contribution in [1.82, 2.24) is 14.9 Å². The summed E-state index contributed by atoms with van der Waals surface area (Å²) in [6.07, 6.45) is 8.90. The first-order chi connectivity index (χ1) is 15.4. The van der Waals surface area contributed by atoms with Gasteiger partial charge in [0.15, 0.2) is 0 Å². The van der Waals surface area contributed by atoms with Crippen LogP contribution < -0.4 is 10.6 Å². The van der Waals surface area contributed by atoms with E-state index in [0.717, 1.165) is 53.0 Å². The van der Waals surface area contributed by atoms with Gasteiger partial charge in [-0.1, -0.05) is 19.9 Å². The van der Waals surface area contributed by atoms with Gasteiger partial charge in [0.1, 0.15) is 0 Å². The van der Waals surface area contributed by atoms with Crippen molar-refractivity contribution in [2.24, 2.45) is 10.9 Å². The monoisotopic (exact) mass is 436 g/mol. The lowest BCUT2D eigenvalue weighted by atomic mass is 9.92. The average Bonchev–Trinajstić information content (AvgIpc) is 2.77. The average molecular weight is 437 g/mol. The first-order valence-electron chi connectivity index (χ1n) is 12.0. The number of benzene rings is 1. The van der Waals surface area contributed by atoms with E-state index in [9.17, 15) is 0 Å². The summed E-state index contributed by atoms with van der Waals surface area (Å²) in [4.78, 5) is 16.6. The number of aromatic nitrogens is 2. The Morgan fingerprint density at radius 3 is 2.66 bits per heavy atom. The third-order valence-electron chi connectivity index (χ3n) is 6.35. The molecule has 6 heteroatoms. The number of anilines is 2. The molecule has 32 heavy (non-hydrogen) atoms. The van der Waals surface area contributed by atoms with Crippen molar-refractivity contribution in [3.8, 4) is 0 Å². The first kappa shape index (κ1) is 24.2. The highest BCUT2D eigenvalue weighted by Crippen LogP contribution is 2.30. The molecular weight excluding hydrogens is 396 g/mol. The molecule has 6 nitrogen and oxygen atoms in total. The van der Waals surface area contributed by atoms with Crippen LogP contribution in [0.2, 0.25) is 0 Å². The SMILES string of the molecule is CNc1cc(C)cc(C)c1N=Cc1cnc(NCCCC2CCN(C)CC2)nc1C(C)C. The minimum absolute atomic E-state index is 0.294. The fourth-order valence-electron chi connectivity index (χ4n) is 4.45. The molecule has 0 unspecified atom stereocenters. The van der Waals surface area contributed by atoms with Gasteiger partial charge in [-0.2, -0.15) is 0 Å². The highest BCUT2D eigenvalue weighted by molar-refractivity contribution is 5.86. The molecule has 1 fully saturated rings. The van der Waals surface area contributed by atoms with Gasteiger partial charge >= 0.3 is 0 Å². The number of nitrogens with zero attached hydrogens (tertiary/aromatic N) is 4. The number of hydrogen-bond donors (Lipinski definition) is 2. The zero-order chi connectivity index (χ0) is 23.1. The molecule has 0 aliphatic carbocycles. The van der Waals surface area contributed by atoms with Gasteiger partial charge in [-0.25, -0.2) is 9.97 Å². The summed E-state index contributed by atoms with van der Waals surface area (Å²) in [5.41, 5.74) is 6.37. The molecule has 174 valence electrons. The lowest BCUT2D eigenvalue weighted by molar-refractivity contribution is 0.211. The van der Waals surface area contributed by atoms with Crippen molar-refractivity contribution in [3.63, 3.8) is 0 Å². The van der Waals surface area contributed by atoms with Crippen molar-refractivity contribution in [1.29, 1.82) is 0 Å². The van der Waals surface area contributed by atoms with Crippen LogP contribution in [0.25, 0.3) is 0 Å². The summed E-state index contributed by atoms with van der Waals surface area (Å²) in [6, 6.07) is 4.28. The van der Waals surface area contributed by atoms with Gasteiger partial charge in [-0.3, -0.25) is 4.99 Å². The van der Waals surface area contributed by atoms with E-state index in [4.69, 9.17) is 9.98 Å². The first-order valence-corrected chi connectivity index (χ1v) is 12.0. The number of nitrogens with one attached hydrogen (secondary N) is 2. The number of aliphatic imine (C=N–C) groups is 1. The van der Waals surface area contributed by atoms with Crippen LogP contribution in [0.4, 0.5) is 17.3 Å². The highest BCUT2D eigenvalue weighted by atomic mass is 15.1. The van der Waals surface area contributed by atoms with Crippen LogP contribution in [-0.2, 0) is 0 Å². The van der Waals surface area contributed by atoms with Crippen LogP contribution in [-0.4, -0.2) is 54.8 Å². The Kier molecular flexibility index (Phi) is 8.62. The predicted molar refractivity (Wildman–Crippen MR) is 137 cm³/mol. The Morgan fingerprint density at radius 2 is 1.97 bits per heavy atom. The highest BCUT2D eigenvalue weighted by Gasteiger charge is 2.16. The summed E-state index contributed by atoms with van der Waals surface area (Å²) >= 11 is 0. The van der Waals surface area contributed by atoms with E-state index < -0.39 is 0 Å². The molecule has 0 radical (unpaired) electrons. The zero-order valence-corrected chi connectivity index (χ0v) is 20.7. The smallest absolute Gasteiger partial charge is 0.222 e. The molecule has 1 saturated heterocycles. The van der Waals surface area contributed by atoms with E-state index in [-0.39, 0.29) is 0 Å². The maximum Gasteiger partial charge on any atom is 0.222 e. The van der Waals surface area contributed by atoms with Crippen molar-refractivity contribution < 1.29 is 0 Å². The van der Waals surface area contributed by atoms with Gasteiger partial charge in [0.25, 0.3) is 0 Å². The van der Waals surface area contributed by atoms with E-state index in [1.54, 1.807) is 0 Å². The molecule has 2 heterocycles. The standard InChI is InChI=1S/C26H40N6/c1-18(2)24-22(16-29-25-20(4)14-19(3)15-23(25)27-5)17-30-26(31-24)28-11-7-8-21-9-12-32(6)13-10-21/h14-18,21,27H,7-13H2,1-6H3,(H,28,30,31). The van der Waals surface area contributed by atoms with Crippen LogP contribution in [0.3, 0.4) is 0 Å². The second-order valence-electron chi connectivity index (χ2n) is 9.49. The molecule has 0 bridgehead atoms. The van der Waals surface area contributed by atoms with Crippen molar-refractivity contribution in [2.45, 2.75) is 59.3 Å². The van der Waals surface area contributed by atoms with Gasteiger partial charge in [0, 0.05) is 31.6 Å². The summed E-state index contributed by atoms with van der Waals surface area (Å²) in [5, 5.41) is 6.69. The molecule has 0 atom stereocenters. The molecular formula is C26H40N6. The molecule has 3 rings (SSSR count). The topological polar surface area (TPSA) is 65.4 Å². The van der Waals surface area contributed by atoms with Crippen molar-refractivity contribution in [2.75, 3.05) is 44.4 Å². The molecule has 0 amide bonds. The minimum atomic E-state index is 0.294. The Hall–Kier alpha value is -2.47. The Morgan fingerprint density at radius 1 is 1.22 bits per heavy atom. The van der Waals surface area contributed by atoms with E-state index in [1.165, 1.54) is 37.9 Å². The van der Waals surface area contributed by atoms with Gasteiger partial charge in [0.2, 0.25) is 5.95 Å². The lowest BCUT2D eigenvalue weighted by Gasteiger charge is -2.28. The van der Waals surface area contributed by atoms with Gasteiger partial charge in [-0.05, 0) is 88.7 Å². The van der Waals surface area contributed by atoms with Crippen LogP contribution in [0.5, 0.6) is 0 Å². The van der Waals surface area contributed by atoms with Gasteiger partial charge in [-0.15, -0.1) is 0 Å². The predicted octanol–water partition coefficient (Wildman–Crippen LogP) is 5.54. The molecule has 0 saturated carbocycles. The van der Waals surface area contributed by atoms with E-state index >= 15 is 0 Å². The molecule has 1 aromatic heterocycles. The van der Waals surface area contributed by atoms with E-state index in [0.29, 0.717) is 5.92 Å². The third kappa shape index (κ3) is 6.52. The van der Waals surface area contributed by atoms with E-state index in [1.807, 2.05) is 19.5 Å². The number of piperidine rings is 1. The largest absolute Gasteiger partial charge is 0.386 e. The number of hydrogen-bond acceptors (Lipinski definition) is 6. The Labute approximate surface area is 194 Å². The zero-order valence-electron chi connectivity index (χ0n) is 20.7. The fourth-order valence-corrected chi connectivity index (χ4v) is 4.45. The number of rotatable bonds is 9. The second-order valence-corrected chi connectivity index (χ2v) is 9.49. The van der Waals surface area contributed by atoms with Crippen LogP contribution >= 0.6 is 0 Å². The van der Waals surface area contributed by atoms with Crippen LogP contribution in [0, 0.1) is 19.8 Å². The van der Waals surface area contributed by atoms with Gasteiger partial charge in [0.05, 0.1) is 17.1 Å². The van der Waals surface area contributed by atoms with Crippen LogP contribution in [0.15, 0.2) is 23.3 Å². The van der Waals surface area contributed by atoms with Crippen molar-refractivity contribution in [3.05, 3.63) is 40.7 Å². The molecule has 1 aliphatic heterocycles. The molecule has 1 aliphatic rings. The summed E-state index contributed by atoms with van der Waals surface area (Å²) in [7, 11) is 4.15. The number of aryl methyl sites for hydroxylation is 2. The fraction of sp³-hybridized carbons (Fsp3) is 0.577. The molecule has 0 spiro atoms.